The molecule has 0 aliphatic rings. The Morgan fingerprint density at radius 2 is 1.92 bits per heavy atom. The summed E-state index contributed by atoms with van der Waals surface area (Å²) in [6.45, 7) is 1.83. The molecule has 24 heavy (non-hydrogen) atoms. The van der Waals surface area contributed by atoms with Gasteiger partial charge in [-0.1, -0.05) is 23.5 Å². The van der Waals surface area contributed by atoms with Gasteiger partial charge in [-0.25, -0.2) is 9.37 Å². The van der Waals surface area contributed by atoms with Crippen LogP contribution < -0.4 is 10.3 Å². The SMILES string of the molecule is CC(Oc1ccc(F)cc1)c1nn2c(=O)c3ccccc3nc2s1. The zero-order valence-corrected chi connectivity index (χ0v) is 13.5. The summed E-state index contributed by atoms with van der Waals surface area (Å²) in [7, 11) is 0. The van der Waals surface area contributed by atoms with Crippen molar-refractivity contribution >= 4 is 27.2 Å². The van der Waals surface area contributed by atoms with Crippen molar-refractivity contribution in [1.29, 1.82) is 0 Å². The average Bonchev–Trinajstić information content (AvgIpc) is 3.02. The first-order valence-electron chi connectivity index (χ1n) is 7.32. The van der Waals surface area contributed by atoms with E-state index in [0.29, 0.717) is 26.6 Å². The number of nitrogens with zero attached hydrogens (tertiary/aromatic N) is 3. The van der Waals surface area contributed by atoms with E-state index in [0.717, 1.165) is 0 Å². The minimum atomic E-state index is -0.385. The van der Waals surface area contributed by atoms with Crippen LogP contribution in [0.25, 0.3) is 15.9 Å². The van der Waals surface area contributed by atoms with Crippen LogP contribution in [0.1, 0.15) is 18.0 Å². The van der Waals surface area contributed by atoms with Gasteiger partial charge in [0.2, 0.25) is 4.96 Å². The first-order valence-corrected chi connectivity index (χ1v) is 8.14. The Morgan fingerprint density at radius 3 is 2.71 bits per heavy atom. The Kier molecular flexibility index (Phi) is 3.50. The fraction of sp³-hybridized carbons (Fsp3) is 0.118. The lowest BCUT2D eigenvalue weighted by molar-refractivity contribution is 0.224. The molecule has 2 heterocycles. The average molecular weight is 341 g/mol. The predicted molar refractivity (Wildman–Crippen MR) is 90.1 cm³/mol. The Morgan fingerprint density at radius 1 is 1.17 bits per heavy atom. The highest BCUT2D eigenvalue weighted by molar-refractivity contribution is 7.16. The lowest BCUT2D eigenvalue weighted by Gasteiger charge is -2.11. The number of benzene rings is 2. The van der Waals surface area contributed by atoms with E-state index in [1.165, 1.54) is 28.0 Å². The number of fused-ring (bicyclic) bond motifs is 2. The van der Waals surface area contributed by atoms with Crippen LogP contribution in [0.2, 0.25) is 0 Å². The molecule has 1 atom stereocenters. The van der Waals surface area contributed by atoms with Crippen molar-refractivity contribution in [3.63, 3.8) is 0 Å². The Hall–Kier alpha value is -2.80. The molecular formula is C17H12FN3O2S. The van der Waals surface area contributed by atoms with Crippen LogP contribution in [0.15, 0.2) is 53.3 Å². The van der Waals surface area contributed by atoms with E-state index in [4.69, 9.17) is 4.74 Å². The Labute approximate surface area is 140 Å². The molecule has 2 aromatic carbocycles. The summed E-state index contributed by atoms with van der Waals surface area (Å²) in [5.41, 5.74) is 0.442. The molecule has 4 aromatic rings. The van der Waals surface area contributed by atoms with Crippen molar-refractivity contribution in [1.82, 2.24) is 14.6 Å². The van der Waals surface area contributed by atoms with Gasteiger partial charge in [0.05, 0.1) is 10.9 Å². The maximum atomic E-state index is 13.0. The molecule has 4 rings (SSSR count). The van der Waals surface area contributed by atoms with Gasteiger partial charge in [0.1, 0.15) is 17.7 Å². The minimum absolute atomic E-state index is 0.202. The third kappa shape index (κ3) is 2.52. The van der Waals surface area contributed by atoms with Gasteiger partial charge in [-0.05, 0) is 43.3 Å². The maximum Gasteiger partial charge on any atom is 0.283 e. The summed E-state index contributed by atoms with van der Waals surface area (Å²) < 4.78 is 20.0. The molecule has 5 nitrogen and oxygen atoms in total. The summed E-state index contributed by atoms with van der Waals surface area (Å²) in [4.78, 5) is 17.5. The molecule has 2 aromatic heterocycles. The third-order valence-corrected chi connectivity index (χ3v) is 4.66. The molecular weight excluding hydrogens is 329 g/mol. The number of aromatic nitrogens is 3. The van der Waals surface area contributed by atoms with Crippen LogP contribution in [-0.4, -0.2) is 14.6 Å². The number of rotatable bonds is 3. The van der Waals surface area contributed by atoms with Crippen molar-refractivity contribution in [2.75, 3.05) is 0 Å². The normalized spacial score (nSPS) is 12.6. The third-order valence-electron chi connectivity index (χ3n) is 3.59. The fourth-order valence-corrected chi connectivity index (χ4v) is 3.28. The molecule has 7 heteroatoms. The summed E-state index contributed by atoms with van der Waals surface area (Å²) in [6, 6.07) is 12.9. The quantitative estimate of drug-likeness (QED) is 0.571. The van der Waals surface area contributed by atoms with Crippen molar-refractivity contribution < 1.29 is 9.13 Å². The lowest BCUT2D eigenvalue weighted by Crippen LogP contribution is -2.15. The molecule has 0 saturated carbocycles. The second-order valence-corrected chi connectivity index (χ2v) is 6.27. The molecule has 120 valence electrons. The molecule has 0 fully saturated rings. The van der Waals surface area contributed by atoms with Gasteiger partial charge < -0.3 is 4.74 Å². The van der Waals surface area contributed by atoms with Gasteiger partial charge in [0, 0.05) is 0 Å². The highest BCUT2D eigenvalue weighted by Gasteiger charge is 2.16. The summed E-state index contributed by atoms with van der Waals surface area (Å²) >= 11 is 1.30. The van der Waals surface area contributed by atoms with E-state index >= 15 is 0 Å². The van der Waals surface area contributed by atoms with E-state index < -0.39 is 0 Å². The van der Waals surface area contributed by atoms with Crippen LogP contribution >= 0.6 is 11.3 Å². The van der Waals surface area contributed by atoms with E-state index in [1.807, 2.05) is 13.0 Å². The van der Waals surface area contributed by atoms with Crippen molar-refractivity contribution in [3.8, 4) is 5.75 Å². The van der Waals surface area contributed by atoms with Crippen LogP contribution in [0.3, 0.4) is 0 Å². The fourth-order valence-electron chi connectivity index (χ4n) is 2.40. The van der Waals surface area contributed by atoms with Crippen molar-refractivity contribution in [2.24, 2.45) is 0 Å². The first kappa shape index (κ1) is 14.8. The van der Waals surface area contributed by atoms with Crippen LogP contribution in [0.4, 0.5) is 4.39 Å². The highest BCUT2D eigenvalue weighted by Crippen LogP contribution is 2.25. The van der Waals surface area contributed by atoms with E-state index in [2.05, 4.69) is 10.1 Å². The van der Waals surface area contributed by atoms with Gasteiger partial charge in [-0.15, -0.1) is 0 Å². The molecule has 0 saturated heterocycles. The second kappa shape index (κ2) is 5.68. The van der Waals surface area contributed by atoms with Gasteiger partial charge in [-0.2, -0.15) is 9.61 Å². The van der Waals surface area contributed by atoms with E-state index in [1.54, 1.807) is 30.3 Å². The molecule has 0 bridgehead atoms. The first-order chi connectivity index (χ1) is 11.6. The summed E-state index contributed by atoms with van der Waals surface area (Å²) in [5.74, 6) is 0.214. The number of para-hydroxylation sites is 1. The topological polar surface area (TPSA) is 56.5 Å². The van der Waals surface area contributed by atoms with Gasteiger partial charge in [0.15, 0.2) is 5.01 Å². The minimum Gasteiger partial charge on any atom is -0.483 e. The largest absolute Gasteiger partial charge is 0.483 e. The van der Waals surface area contributed by atoms with Crippen LogP contribution in [-0.2, 0) is 0 Å². The van der Waals surface area contributed by atoms with Crippen molar-refractivity contribution in [2.45, 2.75) is 13.0 Å². The summed E-state index contributed by atoms with van der Waals surface area (Å²) in [5, 5.41) is 5.49. The number of ether oxygens (including phenoxy) is 1. The smallest absolute Gasteiger partial charge is 0.283 e. The molecule has 0 N–H and O–H groups in total. The van der Waals surface area contributed by atoms with Gasteiger partial charge in [-0.3, -0.25) is 4.79 Å². The number of halogens is 1. The molecule has 0 aliphatic heterocycles. The highest BCUT2D eigenvalue weighted by atomic mass is 32.1. The standard InChI is InChI=1S/C17H12FN3O2S/c1-10(23-12-8-6-11(18)7-9-12)15-20-21-16(22)13-4-2-3-5-14(13)19-17(21)24-15/h2-10H,1H3. The molecule has 0 aliphatic carbocycles. The molecule has 0 spiro atoms. The van der Waals surface area contributed by atoms with E-state index in [9.17, 15) is 9.18 Å². The lowest BCUT2D eigenvalue weighted by atomic mass is 10.2. The van der Waals surface area contributed by atoms with E-state index in [-0.39, 0.29) is 17.5 Å². The summed E-state index contributed by atoms with van der Waals surface area (Å²) in [6.07, 6.45) is -0.385. The molecule has 0 radical (unpaired) electrons. The monoisotopic (exact) mass is 341 g/mol. The maximum absolute atomic E-state index is 13.0. The molecule has 0 amide bonds. The second-order valence-electron chi connectivity index (χ2n) is 5.28. The van der Waals surface area contributed by atoms with Gasteiger partial charge in [0.25, 0.3) is 5.56 Å². The molecule has 1 unspecified atom stereocenters. The zero-order valence-electron chi connectivity index (χ0n) is 12.6. The van der Waals surface area contributed by atoms with Gasteiger partial charge >= 0.3 is 0 Å². The van der Waals surface area contributed by atoms with Crippen LogP contribution in [0, 0.1) is 5.82 Å². The van der Waals surface area contributed by atoms with Crippen molar-refractivity contribution in [3.05, 3.63) is 69.7 Å². The Balaban J connectivity index is 1.74. The van der Waals surface area contributed by atoms with Crippen LogP contribution in [0.5, 0.6) is 5.75 Å². The number of hydrogen-bond donors (Lipinski definition) is 0. The number of hydrogen-bond acceptors (Lipinski definition) is 5. The Bertz CT molecular complexity index is 1090. The predicted octanol–water partition coefficient (Wildman–Crippen LogP) is 3.58. The zero-order chi connectivity index (χ0) is 16.7.